The molecule has 11 heteroatoms. The predicted molar refractivity (Wildman–Crippen MR) is 138 cm³/mol. The van der Waals surface area contributed by atoms with Gasteiger partial charge >= 0.3 is 0 Å². The summed E-state index contributed by atoms with van der Waals surface area (Å²) in [5.41, 5.74) is 0.539. The number of rotatable bonds is 12. The molecule has 35 heavy (non-hydrogen) atoms. The Labute approximate surface area is 216 Å². The Morgan fingerprint density at radius 1 is 1.11 bits per heavy atom. The molecule has 0 aliphatic rings. The lowest BCUT2D eigenvalue weighted by Crippen LogP contribution is -2.49. The van der Waals surface area contributed by atoms with Crippen molar-refractivity contribution in [3.63, 3.8) is 0 Å². The molecule has 0 fully saturated rings. The van der Waals surface area contributed by atoms with E-state index >= 15 is 0 Å². The van der Waals surface area contributed by atoms with Gasteiger partial charge in [-0.05, 0) is 49.6 Å². The van der Waals surface area contributed by atoms with Crippen molar-refractivity contribution in [3.05, 3.63) is 63.9 Å². The monoisotopic (exact) mass is 545 g/mol. The van der Waals surface area contributed by atoms with Crippen LogP contribution in [0.3, 0.4) is 0 Å². The zero-order valence-electron chi connectivity index (χ0n) is 19.9. The average Bonchev–Trinajstić information content (AvgIpc) is 2.78. The molecule has 1 N–H and O–H groups in total. The molecule has 2 amide bonds. The summed E-state index contributed by atoms with van der Waals surface area (Å²) in [5, 5.41) is 3.56. The number of hydrogen-bond acceptors (Lipinski definition) is 4. The second-order valence-corrected chi connectivity index (χ2v) is 10.7. The standard InChI is InChI=1S/C24H30Cl2FN3O4S/c1-4-21(24(32)28-5-2)29(16-17-12-13-18(25)15-19(17)26)23(31)11-8-14-30(35(3,33)34)22-10-7-6-9-20(22)27/h6-7,9-10,12-13,15,21H,4-5,8,11,14,16H2,1-3H3,(H,28,32)/t21-/m0/s1. The van der Waals surface area contributed by atoms with Crippen LogP contribution < -0.4 is 9.62 Å². The van der Waals surface area contributed by atoms with E-state index in [0.29, 0.717) is 28.6 Å². The largest absolute Gasteiger partial charge is 0.355 e. The highest BCUT2D eigenvalue weighted by molar-refractivity contribution is 7.92. The number of benzene rings is 2. The summed E-state index contributed by atoms with van der Waals surface area (Å²) in [4.78, 5) is 27.4. The first-order chi connectivity index (χ1) is 16.5. The van der Waals surface area contributed by atoms with E-state index in [-0.39, 0.29) is 43.4 Å². The first-order valence-electron chi connectivity index (χ1n) is 11.2. The van der Waals surface area contributed by atoms with Crippen molar-refractivity contribution in [1.29, 1.82) is 0 Å². The van der Waals surface area contributed by atoms with Gasteiger partial charge in [-0.3, -0.25) is 13.9 Å². The molecule has 0 unspecified atom stereocenters. The molecule has 0 bridgehead atoms. The summed E-state index contributed by atoms with van der Waals surface area (Å²) in [6.07, 6.45) is 1.42. The van der Waals surface area contributed by atoms with Crippen LogP contribution in [-0.2, 0) is 26.2 Å². The highest BCUT2D eigenvalue weighted by Crippen LogP contribution is 2.25. The number of para-hydroxylation sites is 1. The Hall–Kier alpha value is -2.36. The van der Waals surface area contributed by atoms with E-state index in [0.717, 1.165) is 10.6 Å². The smallest absolute Gasteiger partial charge is 0.242 e. The normalized spacial score (nSPS) is 12.2. The second-order valence-electron chi connectivity index (χ2n) is 7.97. The van der Waals surface area contributed by atoms with Crippen LogP contribution in [-0.4, -0.2) is 50.5 Å². The van der Waals surface area contributed by atoms with E-state index in [1.165, 1.54) is 29.2 Å². The van der Waals surface area contributed by atoms with E-state index in [9.17, 15) is 22.4 Å². The molecule has 0 saturated carbocycles. The number of sulfonamides is 1. The Bertz CT molecular complexity index is 1150. The summed E-state index contributed by atoms with van der Waals surface area (Å²) >= 11 is 12.3. The van der Waals surface area contributed by atoms with Crippen molar-refractivity contribution in [1.82, 2.24) is 10.2 Å². The Kier molecular flexibility index (Phi) is 10.8. The van der Waals surface area contributed by atoms with Crippen LogP contribution in [0, 0.1) is 5.82 Å². The summed E-state index contributed by atoms with van der Waals surface area (Å²) in [6.45, 7) is 3.97. The van der Waals surface area contributed by atoms with E-state index < -0.39 is 21.9 Å². The lowest BCUT2D eigenvalue weighted by atomic mass is 10.1. The molecular weight excluding hydrogens is 516 g/mol. The summed E-state index contributed by atoms with van der Waals surface area (Å²) in [5.74, 6) is -1.32. The van der Waals surface area contributed by atoms with Gasteiger partial charge in [-0.2, -0.15) is 0 Å². The van der Waals surface area contributed by atoms with Gasteiger partial charge in [-0.15, -0.1) is 0 Å². The minimum Gasteiger partial charge on any atom is -0.355 e. The number of hydrogen-bond donors (Lipinski definition) is 1. The number of carbonyl (C=O) groups excluding carboxylic acids is 2. The summed E-state index contributed by atoms with van der Waals surface area (Å²) < 4.78 is 39.8. The van der Waals surface area contributed by atoms with Crippen molar-refractivity contribution in [3.8, 4) is 0 Å². The van der Waals surface area contributed by atoms with Crippen molar-refractivity contribution in [2.24, 2.45) is 0 Å². The molecule has 0 saturated heterocycles. The topological polar surface area (TPSA) is 86.8 Å². The minimum absolute atomic E-state index is 0.0540. The second kappa shape index (κ2) is 13.1. The van der Waals surface area contributed by atoms with Crippen molar-refractivity contribution in [2.45, 2.75) is 45.7 Å². The maximum atomic E-state index is 14.3. The first-order valence-corrected chi connectivity index (χ1v) is 13.8. The fourth-order valence-electron chi connectivity index (χ4n) is 3.68. The maximum absolute atomic E-state index is 14.3. The van der Waals surface area contributed by atoms with E-state index in [2.05, 4.69) is 5.32 Å². The Morgan fingerprint density at radius 2 is 1.80 bits per heavy atom. The van der Waals surface area contributed by atoms with Gasteiger partial charge in [0.05, 0.1) is 11.9 Å². The molecule has 7 nitrogen and oxygen atoms in total. The minimum atomic E-state index is -3.78. The molecule has 0 aliphatic carbocycles. The van der Waals surface area contributed by atoms with Gasteiger partial charge in [0, 0.05) is 36.1 Å². The van der Waals surface area contributed by atoms with Crippen LogP contribution in [0.15, 0.2) is 42.5 Å². The van der Waals surface area contributed by atoms with Crippen molar-refractivity contribution in [2.75, 3.05) is 23.7 Å². The quantitative estimate of drug-likeness (QED) is 0.421. The van der Waals surface area contributed by atoms with Crippen LogP contribution in [0.5, 0.6) is 0 Å². The van der Waals surface area contributed by atoms with E-state index in [1.54, 1.807) is 32.0 Å². The zero-order chi connectivity index (χ0) is 26.2. The van der Waals surface area contributed by atoms with Gasteiger partial charge in [-0.25, -0.2) is 12.8 Å². The fourth-order valence-corrected chi connectivity index (χ4v) is 5.12. The number of nitrogens with one attached hydrogen (secondary N) is 1. The number of amides is 2. The molecule has 192 valence electrons. The van der Waals surface area contributed by atoms with Gasteiger partial charge < -0.3 is 10.2 Å². The van der Waals surface area contributed by atoms with Gasteiger partial charge in [0.1, 0.15) is 11.9 Å². The molecule has 0 aliphatic heterocycles. The maximum Gasteiger partial charge on any atom is 0.242 e. The van der Waals surface area contributed by atoms with Crippen LogP contribution in [0.4, 0.5) is 10.1 Å². The molecule has 0 spiro atoms. The van der Waals surface area contributed by atoms with Gasteiger partial charge in [0.2, 0.25) is 21.8 Å². The number of carbonyl (C=O) groups is 2. The third kappa shape index (κ3) is 8.08. The van der Waals surface area contributed by atoms with E-state index in [4.69, 9.17) is 23.2 Å². The third-order valence-corrected chi connectivity index (χ3v) is 7.13. The van der Waals surface area contributed by atoms with Gasteiger partial charge in [0.25, 0.3) is 0 Å². The van der Waals surface area contributed by atoms with Crippen LogP contribution >= 0.6 is 23.2 Å². The fraction of sp³-hybridized carbons (Fsp3) is 0.417. The predicted octanol–water partition coefficient (Wildman–Crippen LogP) is 4.62. The molecule has 2 rings (SSSR count). The van der Waals surface area contributed by atoms with Gasteiger partial charge in [-0.1, -0.05) is 48.3 Å². The molecule has 2 aromatic carbocycles. The van der Waals surface area contributed by atoms with Gasteiger partial charge in [0.15, 0.2) is 0 Å². The SMILES string of the molecule is CCNC(=O)[C@H](CC)N(Cc1ccc(Cl)cc1Cl)C(=O)CCCN(c1ccccc1F)S(C)(=O)=O. The Balaban J connectivity index is 2.25. The van der Waals surface area contributed by atoms with Crippen LogP contribution in [0.2, 0.25) is 10.0 Å². The highest BCUT2D eigenvalue weighted by Gasteiger charge is 2.29. The molecule has 0 heterocycles. The lowest BCUT2D eigenvalue weighted by molar-refractivity contribution is -0.141. The number of likely N-dealkylation sites (N-methyl/N-ethyl adjacent to an activating group) is 1. The van der Waals surface area contributed by atoms with Crippen molar-refractivity contribution < 1.29 is 22.4 Å². The Morgan fingerprint density at radius 3 is 2.37 bits per heavy atom. The zero-order valence-corrected chi connectivity index (χ0v) is 22.3. The number of halogens is 3. The summed E-state index contributed by atoms with van der Waals surface area (Å²) in [7, 11) is -3.78. The summed E-state index contributed by atoms with van der Waals surface area (Å²) in [6, 6.07) is 9.71. The average molecular weight is 546 g/mol. The van der Waals surface area contributed by atoms with Crippen LogP contribution in [0.25, 0.3) is 0 Å². The van der Waals surface area contributed by atoms with Crippen LogP contribution in [0.1, 0.15) is 38.7 Å². The number of nitrogens with zero attached hydrogens (tertiary/aromatic N) is 2. The lowest BCUT2D eigenvalue weighted by Gasteiger charge is -2.31. The molecule has 1 atom stereocenters. The van der Waals surface area contributed by atoms with E-state index in [1.807, 2.05) is 0 Å². The number of anilines is 1. The third-order valence-electron chi connectivity index (χ3n) is 5.37. The molecule has 2 aromatic rings. The highest BCUT2D eigenvalue weighted by atomic mass is 35.5. The van der Waals surface area contributed by atoms with Crippen molar-refractivity contribution >= 4 is 50.7 Å². The molecule has 0 radical (unpaired) electrons. The molecular formula is C24H30Cl2FN3O4S. The molecule has 0 aromatic heterocycles. The first kappa shape index (κ1) is 28.9.